The molecule has 3 rings (SSSR count). The fraction of sp³-hybridized carbons (Fsp3) is 0.719. The highest BCUT2D eigenvalue weighted by atomic mass is 19.1. The van der Waals surface area contributed by atoms with Gasteiger partial charge in [0.2, 0.25) is 5.91 Å². The largest absolute Gasteiger partial charge is 0.493 e. The summed E-state index contributed by atoms with van der Waals surface area (Å²) in [6.07, 6.45) is 9.74. The summed E-state index contributed by atoms with van der Waals surface area (Å²) in [5.74, 6) is 0.735. The molecule has 1 saturated heterocycles. The number of aliphatic imine (C=N–C) groups is 2. The summed E-state index contributed by atoms with van der Waals surface area (Å²) in [6.45, 7) is 17.6. The van der Waals surface area contributed by atoms with Gasteiger partial charge >= 0.3 is 0 Å². The van der Waals surface area contributed by atoms with Crippen LogP contribution in [0, 0.1) is 28.0 Å². The average molecular weight is 543 g/mol. The van der Waals surface area contributed by atoms with Crippen molar-refractivity contribution in [2.24, 2.45) is 32.1 Å². The summed E-state index contributed by atoms with van der Waals surface area (Å²) < 4.78 is 20.6. The number of hydrogen-bond acceptors (Lipinski definition) is 5. The van der Waals surface area contributed by atoms with E-state index < -0.39 is 0 Å². The predicted molar refractivity (Wildman–Crippen MR) is 160 cm³/mol. The number of rotatable bonds is 18. The molecular formula is C32H51FN4O2. The van der Waals surface area contributed by atoms with E-state index in [4.69, 9.17) is 9.73 Å². The Labute approximate surface area is 235 Å². The number of nitrogens with one attached hydrogen (secondary N) is 1. The van der Waals surface area contributed by atoms with Crippen LogP contribution >= 0.6 is 0 Å². The summed E-state index contributed by atoms with van der Waals surface area (Å²) >= 11 is 0. The van der Waals surface area contributed by atoms with Gasteiger partial charge in [0.25, 0.3) is 0 Å². The van der Waals surface area contributed by atoms with Crippen molar-refractivity contribution in [1.82, 2.24) is 10.2 Å². The minimum atomic E-state index is -0.365. The molecule has 4 unspecified atom stereocenters. The second-order valence-electron chi connectivity index (χ2n) is 12.6. The van der Waals surface area contributed by atoms with E-state index in [0.717, 1.165) is 64.7 Å². The first-order valence-corrected chi connectivity index (χ1v) is 14.9. The summed E-state index contributed by atoms with van der Waals surface area (Å²) in [4.78, 5) is 23.0. The summed E-state index contributed by atoms with van der Waals surface area (Å²) in [7, 11) is 2.02. The fourth-order valence-electron chi connectivity index (χ4n) is 6.40. The number of carbonyl (C=O) groups is 1. The quantitative estimate of drug-likeness (QED) is 0.232. The molecule has 39 heavy (non-hydrogen) atoms. The summed E-state index contributed by atoms with van der Waals surface area (Å²) in [5, 5.41) is 3.33. The number of amides is 1. The Kier molecular flexibility index (Phi) is 11.1. The van der Waals surface area contributed by atoms with Gasteiger partial charge in [0.1, 0.15) is 11.6 Å². The third-order valence-corrected chi connectivity index (χ3v) is 9.46. The molecule has 2 aliphatic rings. The molecule has 7 heteroatoms. The van der Waals surface area contributed by atoms with Crippen LogP contribution in [0.2, 0.25) is 0 Å². The number of nitrogens with zero attached hydrogens (tertiary/aromatic N) is 3. The summed E-state index contributed by atoms with van der Waals surface area (Å²) in [5.41, 5.74) is 0.867. The van der Waals surface area contributed by atoms with Crippen molar-refractivity contribution in [3.8, 4) is 5.75 Å². The SMILES string of the molecule is C=NCC(C)(C=NCCC(CCNC)C1(C)CC1(C)CCOc1ccc(CC(=O)N2CCC2)c(F)c1)CCC. The van der Waals surface area contributed by atoms with Gasteiger partial charge in [0, 0.05) is 43.9 Å². The van der Waals surface area contributed by atoms with Gasteiger partial charge in [-0.15, -0.1) is 0 Å². The Hall–Kier alpha value is -2.28. The molecule has 1 amide bonds. The number of carbonyl (C=O) groups excluding carboxylic acids is 1. The van der Waals surface area contributed by atoms with Crippen molar-refractivity contribution in [3.63, 3.8) is 0 Å². The van der Waals surface area contributed by atoms with E-state index in [1.807, 2.05) is 7.05 Å². The highest BCUT2D eigenvalue weighted by Gasteiger charge is 2.63. The van der Waals surface area contributed by atoms with E-state index in [9.17, 15) is 9.18 Å². The summed E-state index contributed by atoms with van der Waals surface area (Å²) in [6, 6.07) is 4.91. The molecular weight excluding hydrogens is 491 g/mol. The lowest BCUT2D eigenvalue weighted by Crippen LogP contribution is -2.42. The van der Waals surface area contributed by atoms with E-state index in [-0.39, 0.29) is 34.4 Å². The van der Waals surface area contributed by atoms with Gasteiger partial charge in [-0.1, -0.05) is 40.2 Å². The van der Waals surface area contributed by atoms with E-state index >= 15 is 0 Å². The van der Waals surface area contributed by atoms with Crippen LogP contribution in [0.15, 0.2) is 28.2 Å². The Balaban J connectivity index is 1.52. The number of likely N-dealkylation sites (tertiary alicyclic amines) is 1. The number of hydrogen-bond donors (Lipinski definition) is 1. The molecule has 1 heterocycles. The van der Waals surface area contributed by atoms with Crippen molar-refractivity contribution >= 4 is 18.8 Å². The van der Waals surface area contributed by atoms with Gasteiger partial charge in [-0.3, -0.25) is 14.8 Å². The maximum absolute atomic E-state index is 14.6. The lowest BCUT2D eigenvalue weighted by atomic mass is 9.78. The maximum atomic E-state index is 14.6. The van der Waals surface area contributed by atoms with Crippen LogP contribution in [0.3, 0.4) is 0 Å². The molecule has 0 spiro atoms. The van der Waals surface area contributed by atoms with E-state index in [1.165, 1.54) is 12.5 Å². The lowest BCUT2D eigenvalue weighted by Gasteiger charge is -2.31. The molecule has 4 atom stereocenters. The normalized spacial score (nSPS) is 24.7. The van der Waals surface area contributed by atoms with Gasteiger partial charge < -0.3 is 15.0 Å². The molecule has 1 aliphatic heterocycles. The lowest BCUT2D eigenvalue weighted by molar-refractivity contribution is -0.133. The molecule has 1 aromatic carbocycles. The smallest absolute Gasteiger partial charge is 0.227 e. The Morgan fingerprint density at radius 3 is 2.72 bits per heavy atom. The van der Waals surface area contributed by atoms with E-state index in [0.29, 0.717) is 30.4 Å². The minimum Gasteiger partial charge on any atom is -0.493 e. The molecule has 0 radical (unpaired) electrons. The van der Waals surface area contributed by atoms with Crippen LogP contribution in [0.25, 0.3) is 0 Å². The first-order valence-electron chi connectivity index (χ1n) is 14.9. The van der Waals surface area contributed by atoms with Gasteiger partial charge in [0.05, 0.1) is 13.0 Å². The first kappa shape index (κ1) is 31.3. The molecule has 1 aromatic rings. The zero-order chi connectivity index (χ0) is 28.5. The second kappa shape index (κ2) is 13.9. The van der Waals surface area contributed by atoms with Crippen molar-refractivity contribution in [2.45, 2.75) is 79.1 Å². The Morgan fingerprint density at radius 2 is 2.10 bits per heavy atom. The molecule has 1 aliphatic carbocycles. The molecule has 218 valence electrons. The predicted octanol–water partition coefficient (Wildman–Crippen LogP) is 5.98. The maximum Gasteiger partial charge on any atom is 0.227 e. The number of benzene rings is 1. The van der Waals surface area contributed by atoms with Gasteiger partial charge in [-0.2, -0.15) is 0 Å². The van der Waals surface area contributed by atoms with Gasteiger partial charge in [-0.25, -0.2) is 4.39 Å². The van der Waals surface area contributed by atoms with Crippen LogP contribution in [-0.2, 0) is 11.2 Å². The van der Waals surface area contributed by atoms with Gasteiger partial charge in [0.15, 0.2) is 0 Å². The van der Waals surface area contributed by atoms with Crippen LogP contribution in [0.1, 0.15) is 78.2 Å². The third kappa shape index (κ3) is 8.12. The van der Waals surface area contributed by atoms with E-state index in [2.05, 4.69) is 50.9 Å². The van der Waals surface area contributed by atoms with Crippen molar-refractivity contribution in [2.75, 3.05) is 46.4 Å². The second-order valence-corrected chi connectivity index (χ2v) is 12.6. The van der Waals surface area contributed by atoms with Crippen LogP contribution in [-0.4, -0.2) is 70.1 Å². The number of halogens is 1. The standard InChI is InChI=1S/C32H51FN4O2/c1-7-13-30(2,23-35-6)24-36-16-12-26(11-15-34-5)32(4)22-31(32,3)14-19-39-27-10-9-25(28(33)21-27)20-29(38)37-17-8-18-37/h9-10,21,24,26,34H,6-8,11-20,22-23H2,1-5H3. The molecule has 1 saturated carbocycles. The van der Waals surface area contributed by atoms with Crippen LogP contribution in [0.5, 0.6) is 5.75 Å². The molecule has 0 aromatic heterocycles. The topological polar surface area (TPSA) is 66.3 Å². The van der Waals surface area contributed by atoms with Crippen molar-refractivity contribution in [1.29, 1.82) is 0 Å². The molecule has 1 N–H and O–H groups in total. The van der Waals surface area contributed by atoms with E-state index in [1.54, 1.807) is 17.0 Å². The van der Waals surface area contributed by atoms with Crippen molar-refractivity contribution in [3.05, 3.63) is 29.6 Å². The fourth-order valence-corrected chi connectivity index (χ4v) is 6.40. The molecule has 0 bridgehead atoms. The van der Waals surface area contributed by atoms with Crippen LogP contribution in [0.4, 0.5) is 4.39 Å². The molecule has 2 fully saturated rings. The zero-order valence-electron chi connectivity index (χ0n) is 25.0. The number of ether oxygens (including phenoxy) is 1. The first-order chi connectivity index (χ1) is 18.6. The van der Waals surface area contributed by atoms with Crippen LogP contribution < -0.4 is 10.1 Å². The Bertz CT molecular complexity index is 996. The highest BCUT2D eigenvalue weighted by molar-refractivity contribution is 5.79. The highest BCUT2D eigenvalue weighted by Crippen LogP contribution is 2.70. The third-order valence-electron chi connectivity index (χ3n) is 9.46. The molecule has 6 nitrogen and oxygen atoms in total. The Morgan fingerprint density at radius 1 is 1.33 bits per heavy atom. The average Bonchev–Trinajstić information content (AvgIpc) is 3.40. The minimum absolute atomic E-state index is 0.00275. The van der Waals surface area contributed by atoms with Gasteiger partial charge in [-0.05, 0) is 87.2 Å². The monoisotopic (exact) mass is 542 g/mol. The zero-order valence-corrected chi connectivity index (χ0v) is 25.0. The van der Waals surface area contributed by atoms with Crippen molar-refractivity contribution < 1.29 is 13.9 Å².